The molecule has 0 rings (SSSR count). The van der Waals surface area contributed by atoms with Crippen LogP contribution in [0.2, 0.25) is 0 Å². The van der Waals surface area contributed by atoms with Crippen molar-refractivity contribution in [3.05, 3.63) is 0 Å². The molecule has 0 aromatic heterocycles. The Morgan fingerprint density at radius 1 is 0.102 bits per heavy atom. The van der Waals surface area contributed by atoms with Crippen molar-refractivity contribution in [1.29, 1.82) is 0 Å². The maximum absolute atomic E-state index is 14.5. The van der Waals surface area contributed by atoms with E-state index in [2.05, 4.69) is 339 Å². The van der Waals surface area contributed by atoms with E-state index in [0.29, 0.717) is 0 Å². The van der Waals surface area contributed by atoms with E-state index < -0.39 is 118 Å². The summed E-state index contributed by atoms with van der Waals surface area (Å²) >= 11 is 0. The van der Waals surface area contributed by atoms with Crippen molar-refractivity contribution in [2.45, 2.75) is 444 Å². The van der Waals surface area contributed by atoms with Crippen molar-refractivity contribution < 1.29 is 57.5 Å². The second kappa shape index (κ2) is 67.9. The van der Waals surface area contributed by atoms with Gasteiger partial charge in [-0.05, 0) is 0 Å². The Hall–Kier alpha value is 5.30. The van der Waals surface area contributed by atoms with E-state index in [0.717, 1.165) is 253 Å². The molecule has 0 spiro atoms. The monoisotopic (exact) mass is 2350 g/mol. The zero-order valence-electron chi connectivity index (χ0n) is 111. The molecular weight excluding hydrogens is 2060 g/mol. The van der Waals surface area contributed by atoms with E-state index in [1.165, 1.54) is 151 Å². The van der Waals surface area contributed by atoms with Crippen LogP contribution in [0.1, 0.15) is 444 Å². The summed E-state index contributed by atoms with van der Waals surface area (Å²) in [5.74, 6) is 0. The number of halogens is 1. The minimum absolute atomic E-state index is 0.503. The maximum atomic E-state index is 14.5. The van der Waals surface area contributed by atoms with Gasteiger partial charge in [-0.2, -0.15) is 0 Å². The second-order valence-electron chi connectivity index (χ2n) is 48.3. The van der Waals surface area contributed by atoms with Gasteiger partial charge in [0.25, 0.3) is 0 Å². The molecule has 0 unspecified atom stereocenters. The fourth-order valence-corrected chi connectivity index (χ4v) is 87.5. The molecule has 30 heteroatoms. The predicted molar refractivity (Wildman–Crippen MR) is 735 cm³/mol. The quantitative estimate of drug-likeness (QED) is 0.0427. The second-order valence-corrected chi connectivity index (χ2v) is 130. The van der Waals surface area contributed by atoms with E-state index in [9.17, 15) is 4.20 Å². The summed E-state index contributed by atoms with van der Waals surface area (Å²) in [6.07, 6.45) is 72.8. The first-order valence-electron chi connectivity index (χ1n) is 64.9. The molecule has 0 fully saturated rings. The molecule has 0 aliphatic rings. The number of rotatable bonds is 89. The summed E-state index contributed by atoms with van der Waals surface area (Å²) in [6.45, 7) is 89.5. The Morgan fingerprint density at radius 2 is 0.163 bits per heavy atom. The summed E-state index contributed by atoms with van der Waals surface area (Å²) in [6, 6.07) is 0. The van der Waals surface area contributed by atoms with Gasteiger partial charge in [0, 0.05) is 0 Å². The van der Waals surface area contributed by atoms with Gasteiger partial charge in [-0.25, -0.2) is 0 Å². The molecule has 0 amide bonds. The van der Waals surface area contributed by atoms with Crippen LogP contribution in [0.3, 0.4) is 0 Å². The Kier molecular flexibility index (Phi) is 74.3. The predicted octanol–water partition coefficient (Wildman–Crippen LogP) is 43.2. The van der Waals surface area contributed by atoms with Crippen molar-refractivity contribution in [2.24, 2.45) is 0 Å². The van der Waals surface area contributed by atoms with Gasteiger partial charge in [0.15, 0.2) is 0 Å². The van der Waals surface area contributed by atoms with E-state index in [-0.39, 0.29) is 0 Å². The van der Waals surface area contributed by atoms with Crippen LogP contribution in [0, 0.1) is 0 Å². The Morgan fingerprint density at radius 3 is 0.197 bits per heavy atom. The average molecular weight is 2350 g/mol. The molecule has 0 heterocycles. The van der Waals surface area contributed by atoms with Gasteiger partial charge in [0.05, 0.1) is 0 Å². The molecular formula is C117H286B4FO12P13. The third-order valence-electron chi connectivity index (χ3n) is 46.0. The van der Waals surface area contributed by atoms with Gasteiger partial charge in [0.2, 0.25) is 0 Å². The molecule has 0 aliphatic carbocycles. The van der Waals surface area contributed by atoms with Crippen LogP contribution < -0.4 is 0 Å². The Bertz CT molecular complexity index is 2580. The topological polar surface area (TPSA) is 111 Å². The molecule has 0 saturated carbocycles. The SMILES string of the molecule is CCCP(CC)(CC)(CC)OB(OP(CC)(CC)(CC)CCC)OP(CC)(CC)(CC)CCC.CCCP(CC)(CC)(CC)OB(OP(CC)(CC)(CC)CCC)OP(CC)(CC)(CC)CCC.CCCP(CC)(CC)(CC)OB(OP(CC)(CC)(CC)CCC)OP(CC)(CC)(CC)CCC.CCCP(CC)(CC)(CC)OB(OP(CC)(CC)(CC)CCC)OP(CC)(CC)(CC)CCC.CCCP(F)(CC)(CC)CC. The van der Waals surface area contributed by atoms with Crippen LogP contribution >= 0.6 is 88.9 Å². The molecule has 0 radical (unpaired) electrons. The minimum atomic E-state index is -2.68. The molecule has 147 heavy (non-hydrogen) atoms. The first-order chi connectivity index (χ1) is 68.9. The Balaban J connectivity index is -0.000000588. The molecule has 910 valence electrons. The van der Waals surface area contributed by atoms with Crippen LogP contribution in [0.4, 0.5) is 4.20 Å². The van der Waals surface area contributed by atoms with Crippen molar-refractivity contribution >= 4 is 118 Å². The van der Waals surface area contributed by atoms with Gasteiger partial charge >= 0.3 is 940 Å². The summed E-state index contributed by atoms with van der Waals surface area (Å²) in [4.78, 5) is 0. The van der Waals surface area contributed by atoms with Crippen molar-refractivity contribution in [3.63, 3.8) is 0 Å². The molecule has 12 nitrogen and oxygen atoms in total. The molecule has 0 aromatic rings. The van der Waals surface area contributed by atoms with Crippen LogP contribution in [-0.4, -0.2) is 350 Å². The van der Waals surface area contributed by atoms with Crippen LogP contribution in [0.15, 0.2) is 0 Å². The zero-order valence-corrected chi connectivity index (χ0v) is 123. The number of hydrogen-bond acceptors (Lipinski definition) is 12. The van der Waals surface area contributed by atoms with Gasteiger partial charge in [-0.3, -0.25) is 0 Å². The zero-order chi connectivity index (χ0) is 116. The standard InChI is InChI=1S/4C27H66BO3P3.C9H22FP/c4*1-13-25-32(16-4,17-5,18-6)29-28(30-33(19-7,20-8,21-9)26-14-2)31-34(22-10,23-11,24-12)27-15-3;1-5-9-11(10,6-2,7-3)8-4/h4*13-27H2,1-12H3;5-9H2,1-4H3. The van der Waals surface area contributed by atoms with E-state index in [4.69, 9.17) is 53.3 Å². The van der Waals surface area contributed by atoms with Gasteiger partial charge in [0.1, 0.15) is 0 Å². The normalized spacial score (nSPS) is 16.7. The molecule has 0 aliphatic heterocycles. The van der Waals surface area contributed by atoms with E-state index >= 15 is 0 Å². The van der Waals surface area contributed by atoms with Crippen LogP contribution in [0.25, 0.3) is 0 Å². The van der Waals surface area contributed by atoms with Crippen molar-refractivity contribution in [1.82, 2.24) is 0 Å². The third kappa shape index (κ3) is 37.9. The average Bonchev–Trinajstić information content (AvgIpc) is 0.739. The molecule has 0 atom stereocenters. The van der Waals surface area contributed by atoms with E-state index in [1.54, 1.807) is 0 Å². The summed E-state index contributed by atoms with van der Waals surface area (Å²) in [5, 5.41) is 0. The molecule has 0 bridgehead atoms. The molecule has 0 saturated heterocycles. The number of hydrogen-bond donors (Lipinski definition) is 0. The molecule has 0 aromatic carbocycles. The summed E-state index contributed by atoms with van der Waals surface area (Å²) in [5.41, 5.74) is 0. The fraction of sp³-hybridized carbons (Fsp3) is 1.00. The first-order valence-corrected chi connectivity index (χ1v) is 103. The summed E-state index contributed by atoms with van der Waals surface area (Å²) in [7, 11) is -2.01. The van der Waals surface area contributed by atoms with Gasteiger partial charge in [-0.1, -0.05) is 0 Å². The first kappa shape index (κ1) is 161. The molecule has 0 N–H and O–H groups in total. The third-order valence-corrected chi connectivity index (χ3v) is 138. The Labute approximate surface area is 932 Å². The van der Waals surface area contributed by atoms with Crippen LogP contribution in [-0.2, 0) is 53.3 Å². The van der Waals surface area contributed by atoms with Gasteiger partial charge in [-0.15, -0.1) is 0 Å². The van der Waals surface area contributed by atoms with Crippen molar-refractivity contribution in [3.8, 4) is 0 Å². The fourth-order valence-electron chi connectivity index (χ4n) is 28.7. The van der Waals surface area contributed by atoms with Gasteiger partial charge < -0.3 is 0 Å². The van der Waals surface area contributed by atoms with Crippen LogP contribution in [0.5, 0.6) is 0 Å². The van der Waals surface area contributed by atoms with Crippen molar-refractivity contribution in [2.75, 3.05) is 320 Å². The van der Waals surface area contributed by atoms with E-state index in [1.807, 2.05) is 20.8 Å². The summed E-state index contributed by atoms with van der Waals surface area (Å²) < 4.78 is 105.